The van der Waals surface area contributed by atoms with E-state index in [0.29, 0.717) is 0 Å². The molecule has 5 heteroatoms. The Balaban J connectivity index is 0.000000148. The fourth-order valence-corrected chi connectivity index (χ4v) is 0.510. The van der Waals surface area contributed by atoms with Gasteiger partial charge in [0.05, 0.1) is 0 Å². The molecule has 1 nitrogen and oxygen atoms in total. The van der Waals surface area contributed by atoms with Crippen molar-refractivity contribution in [1.29, 1.82) is 0 Å². The Bertz CT molecular complexity index is 47.4. The van der Waals surface area contributed by atoms with E-state index < -0.39 is 17.9 Å². The van der Waals surface area contributed by atoms with Crippen LogP contribution >= 0.6 is 25.7 Å². The van der Waals surface area contributed by atoms with Crippen molar-refractivity contribution >= 4 is 25.7 Å². The number of hydrogen-bond acceptors (Lipinski definition) is 1. The monoisotopic (exact) mass is 357 g/mol. The molecule has 0 radical (unpaired) electrons. The molecule has 0 amide bonds. The normalized spacial score (nSPS) is 16.3. The third-order valence-corrected chi connectivity index (χ3v) is 0.827. The van der Waals surface area contributed by atoms with Gasteiger partial charge in [-0.25, -0.2) is 0 Å². The number of halogens is 3. The maximum absolute atomic E-state index is 5.02. The van der Waals surface area contributed by atoms with Gasteiger partial charge in [0.15, 0.2) is 0 Å². The molecule has 0 unspecified atom stereocenters. The number of rotatable bonds is 0. The summed E-state index contributed by atoms with van der Waals surface area (Å²) in [6.45, 7) is 2.00. The molecule has 1 rings (SSSR count). The Morgan fingerprint density at radius 1 is 1.00 bits per heavy atom. The van der Waals surface area contributed by atoms with Crippen LogP contribution in [0.3, 0.4) is 0 Å². The van der Waals surface area contributed by atoms with E-state index in [0.717, 1.165) is 13.2 Å². The summed E-state index contributed by atoms with van der Waals surface area (Å²) in [5, 5.41) is 0. The molecule has 0 saturated carbocycles. The summed E-state index contributed by atoms with van der Waals surface area (Å²) < 4.78 is 4.94. The molecule has 0 atom stereocenters. The second-order valence-corrected chi connectivity index (χ2v) is 17.1. The average Bonchev–Trinajstić information content (AvgIpc) is 2.11. The van der Waals surface area contributed by atoms with Crippen molar-refractivity contribution in [2.24, 2.45) is 0 Å². The zero-order valence-corrected chi connectivity index (χ0v) is 10.7. The zero-order valence-electron chi connectivity index (χ0n) is 4.87. The molecule has 0 aromatic rings. The first-order valence-electron chi connectivity index (χ1n) is 2.64. The molecular weight excluding hydrogens is 349 g/mol. The van der Waals surface area contributed by atoms with Crippen LogP contribution in [0.2, 0.25) is 0 Å². The van der Waals surface area contributed by atoms with Gasteiger partial charge in [-0.1, -0.05) is 0 Å². The van der Waals surface area contributed by atoms with Gasteiger partial charge < -0.3 is 4.74 Å². The molecule has 1 heterocycles. The van der Waals surface area contributed by atoms with Crippen LogP contribution in [0.4, 0.5) is 0 Å². The third-order valence-electron chi connectivity index (χ3n) is 0.827. The van der Waals surface area contributed by atoms with Gasteiger partial charge in [-0.15, -0.1) is 0 Å². The summed E-state index contributed by atoms with van der Waals surface area (Å²) in [5.41, 5.74) is 0. The van der Waals surface area contributed by atoms with Crippen LogP contribution in [0.25, 0.3) is 0 Å². The Hall–Kier alpha value is 1.70. The summed E-state index contributed by atoms with van der Waals surface area (Å²) in [7, 11) is 15.1. The maximum atomic E-state index is 5.02. The summed E-state index contributed by atoms with van der Waals surface area (Å²) in [4.78, 5) is 0. The summed E-state index contributed by atoms with van der Waals surface area (Å²) in [5.74, 6) is 0. The van der Waals surface area contributed by atoms with Crippen molar-refractivity contribution in [3.05, 3.63) is 0 Å². The van der Waals surface area contributed by atoms with Gasteiger partial charge in [0.1, 0.15) is 0 Å². The van der Waals surface area contributed by atoms with Gasteiger partial charge >= 0.3 is 43.6 Å². The van der Waals surface area contributed by atoms with Crippen molar-refractivity contribution in [3.63, 3.8) is 0 Å². The molecule has 0 aromatic carbocycles. The van der Waals surface area contributed by atoms with Crippen LogP contribution in [-0.4, -0.2) is 13.2 Å². The van der Waals surface area contributed by atoms with Crippen LogP contribution in [0.15, 0.2) is 0 Å². The topological polar surface area (TPSA) is 9.23 Å². The Kier molecular flexibility index (Phi) is 9.28. The Morgan fingerprint density at radius 2 is 1.33 bits per heavy atom. The Labute approximate surface area is 73.9 Å². The molecule has 1 saturated heterocycles. The molecule has 55 valence electrons. The minimum atomic E-state index is -2.24. The third kappa shape index (κ3) is 12.8. The minimum absolute atomic E-state index is 1.00. The molecule has 0 bridgehead atoms. The second kappa shape index (κ2) is 7.80. The zero-order chi connectivity index (χ0) is 7.11. The second-order valence-electron chi connectivity index (χ2n) is 1.53. The molecule has 0 N–H and O–H groups in total. The first-order chi connectivity index (χ1) is 4.23. The molecular formula is C4H8Cl3HfO. The van der Waals surface area contributed by atoms with Crippen molar-refractivity contribution in [3.8, 4) is 0 Å². The summed E-state index contributed by atoms with van der Waals surface area (Å²) in [6.07, 6.45) is 2.56. The first-order valence-corrected chi connectivity index (χ1v) is 16.0. The van der Waals surface area contributed by atoms with E-state index in [-0.39, 0.29) is 0 Å². The predicted molar refractivity (Wildman–Crippen MR) is 37.6 cm³/mol. The fourth-order valence-electron chi connectivity index (χ4n) is 0.510. The molecule has 0 spiro atoms. The molecule has 0 aromatic heterocycles. The van der Waals surface area contributed by atoms with Crippen LogP contribution in [0, 0.1) is 0 Å². The summed E-state index contributed by atoms with van der Waals surface area (Å²) >= 11 is -2.24. The van der Waals surface area contributed by atoms with E-state index in [1.54, 1.807) is 0 Å². The molecule has 1 aliphatic rings. The van der Waals surface area contributed by atoms with Crippen molar-refractivity contribution in [2.75, 3.05) is 13.2 Å². The van der Waals surface area contributed by atoms with Gasteiger partial charge in [-0.3, -0.25) is 0 Å². The standard InChI is InChI=1S/C4H8O.3ClH.Hf/c1-2-4-5-3-1;;;;/h1-4H2;3*1H;/q;;;;+3/p-3. The van der Waals surface area contributed by atoms with E-state index in [4.69, 9.17) is 30.5 Å². The van der Waals surface area contributed by atoms with E-state index in [1.165, 1.54) is 12.8 Å². The van der Waals surface area contributed by atoms with Crippen LogP contribution < -0.4 is 0 Å². The van der Waals surface area contributed by atoms with Crippen LogP contribution in [-0.2, 0) is 22.6 Å². The van der Waals surface area contributed by atoms with Crippen molar-refractivity contribution in [1.82, 2.24) is 0 Å². The SMILES string of the molecule is C1CCOC1.[Cl][Hf]([Cl])[Cl]. The van der Waals surface area contributed by atoms with Gasteiger partial charge in [-0.05, 0) is 12.8 Å². The molecule has 9 heavy (non-hydrogen) atoms. The van der Waals surface area contributed by atoms with Crippen LogP contribution in [0.1, 0.15) is 12.8 Å². The van der Waals surface area contributed by atoms with Gasteiger partial charge in [0, 0.05) is 13.2 Å². The first kappa shape index (κ1) is 10.7. The van der Waals surface area contributed by atoms with E-state index in [2.05, 4.69) is 0 Å². The van der Waals surface area contributed by atoms with Gasteiger partial charge in [-0.2, -0.15) is 0 Å². The van der Waals surface area contributed by atoms with Crippen molar-refractivity contribution < 1.29 is 22.6 Å². The number of hydrogen-bond donors (Lipinski definition) is 0. The molecule has 1 fully saturated rings. The van der Waals surface area contributed by atoms with Gasteiger partial charge in [0.25, 0.3) is 0 Å². The quantitative estimate of drug-likeness (QED) is 0.606. The van der Waals surface area contributed by atoms with Crippen molar-refractivity contribution in [2.45, 2.75) is 12.8 Å². The van der Waals surface area contributed by atoms with E-state index in [9.17, 15) is 0 Å². The fraction of sp³-hybridized carbons (Fsp3) is 1.00. The summed E-state index contributed by atoms with van der Waals surface area (Å²) in [6, 6.07) is 0. The predicted octanol–water partition coefficient (Wildman–Crippen LogP) is 2.86. The van der Waals surface area contributed by atoms with Gasteiger partial charge in [0.2, 0.25) is 0 Å². The molecule has 1 aliphatic heterocycles. The average molecular weight is 357 g/mol. The molecule has 0 aliphatic carbocycles. The van der Waals surface area contributed by atoms with E-state index in [1.807, 2.05) is 0 Å². The number of ether oxygens (including phenoxy) is 1. The van der Waals surface area contributed by atoms with Crippen LogP contribution in [0.5, 0.6) is 0 Å². The Morgan fingerprint density at radius 3 is 1.44 bits per heavy atom. The van der Waals surface area contributed by atoms with E-state index >= 15 is 0 Å².